The summed E-state index contributed by atoms with van der Waals surface area (Å²) >= 11 is 0. The molecule has 0 fully saturated rings. The van der Waals surface area contributed by atoms with Crippen molar-refractivity contribution in [1.29, 1.82) is 0 Å². The highest BCUT2D eigenvalue weighted by atomic mass is 15.0. The normalized spacial score (nSPS) is 10.9. The van der Waals surface area contributed by atoms with Crippen LogP contribution in [0, 0.1) is 0 Å². The standard InChI is InChI=1S/C37H25N5/c1-5-14-26(15-6-1)32-24-33(27-16-7-2-8-17-27)40-36(39-32)30-22-13-23-31(38-30)37-41-34(28-18-9-3-10-19-28)25-35(42-37)29-20-11-4-12-21-29/h1-25H. The fourth-order valence-corrected chi connectivity index (χ4v) is 4.83. The van der Waals surface area contributed by atoms with E-state index in [1.54, 1.807) is 0 Å². The minimum atomic E-state index is 0.541. The van der Waals surface area contributed by atoms with Gasteiger partial charge in [-0.25, -0.2) is 24.9 Å². The number of hydrogen-bond acceptors (Lipinski definition) is 5. The van der Waals surface area contributed by atoms with Gasteiger partial charge in [0.2, 0.25) is 0 Å². The molecule has 0 saturated carbocycles. The number of hydrogen-bond donors (Lipinski definition) is 0. The van der Waals surface area contributed by atoms with Gasteiger partial charge in [0.15, 0.2) is 11.6 Å². The van der Waals surface area contributed by atoms with Crippen LogP contribution in [-0.4, -0.2) is 24.9 Å². The molecule has 0 aliphatic carbocycles. The van der Waals surface area contributed by atoms with Gasteiger partial charge in [-0.15, -0.1) is 0 Å². The van der Waals surface area contributed by atoms with Gasteiger partial charge < -0.3 is 0 Å². The van der Waals surface area contributed by atoms with Crippen LogP contribution in [0.1, 0.15) is 0 Å². The molecule has 0 amide bonds. The van der Waals surface area contributed by atoms with Crippen molar-refractivity contribution in [2.45, 2.75) is 0 Å². The van der Waals surface area contributed by atoms with E-state index in [-0.39, 0.29) is 0 Å². The molecule has 4 aromatic carbocycles. The van der Waals surface area contributed by atoms with Gasteiger partial charge in [0, 0.05) is 22.3 Å². The largest absolute Gasteiger partial charge is 0.241 e. The molecule has 3 heterocycles. The lowest BCUT2D eigenvalue weighted by atomic mass is 10.1. The molecule has 5 nitrogen and oxygen atoms in total. The number of benzene rings is 4. The fraction of sp³-hybridized carbons (Fsp3) is 0. The quantitative estimate of drug-likeness (QED) is 0.212. The molecule has 0 N–H and O–H groups in total. The Hall–Kier alpha value is -5.81. The molecule has 0 radical (unpaired) electrons. The van der Waals surface area contributed by atoms with Gasteiger partial charge in [0.1, 0.15) is 11.4 Å². The second-order valence-electron chi connectivity index (χ2n) is 9.80. The molecule has 42 heavy (non-hydrogen) atoms. The Labute approximate surface area is 244 Å². The molecule has 0 spiro atoms. The third-order valence-electron chi connectivity index (χ3n) is 6.94. The minimum absolute atomic E-state index is 0.541. The van der Waals surface area contributed by atoms with Crippen molar-refractivity contribution in [2.75, 3.05) is 0 Å². The average Bonchev–Trinajstić information content (AvgIpc) is 3.09. The molecule has 0 aliphatic rings. The predicted molar refractivity (Wildman–Crippen MR) is 168 cm³/mol. The van der Waals surface area contributed by atoms with Crippen LogP contribution in [0.3, 0.4) is 0 Å². The molecule has 7 rings (SSSR count). The van der Waals surface area contributed by atoms with Crippen LogP contribution < -0.4 is 0 Å². The van der Waals surface area contributed by atoms with Crippen LogP contribution in [-0.2, 0) is 0 Å². The molecule has 0 aliphatic heterocycles. The molecule has 198 valence electrons. The number of aromatic nitrogens is 5. The predicted octanol–water partition coefficient (Wildman–Crippen LogP) is 8.66. The zero-order chi connectivity index (χ0) is 28.1. The number of pyridine rings is 1. The molecular formula is C37H25N5. The van der Waals surface area contributed by atoms with E-state index >= 15 is 0 Å². The summed E-state index contributed by atoms with van der Waals surface area (Å²) in [5.74, 6) is 1.08. The smallest absolute Gasteiger partial charge is 0.179 e. The molecular weight excluding hydrogens is 514 g/mol. The first-order chi connectivity index (χ1) is 20.8. The van der Waals surface area contributed by atoms with Gasteiger partial charge in [0.05, 0.1) is 22.8 Å². The maximum atomic E-state index is 5.00. The summed E-state index contributed by atoms with van der Waals surface area (Å²) in [6.45, 7) is 0. The highest BCUT2D eigenvalue weighted by Gasteiger charge is 2.15. The van der Waals surface area contributed by atoms with Crippen LogP contribution in [0.2, 0.25) is 0 Å². The Kier molecular flexibility index (Phi) is 6.81. The minimum Gasteiger partial charge on any atom is -0.241 e. The summed E-state index contributed by atoms with van der Waals surface area (Å²) in [5.41, 5.74) is 8.69. The Morgan fingerprint density at radius 1 is 0.238 bits per heavy atom. The monoisotopic (exact) mass is 539 g/mol. The van der Waals surface area contributed by atoms with Crippen molar-refractivity contribution in [2.24, 2.45) is 0 Å². The summed E-state index contributed by atoms with van der Waals surface area (Å²) in [6.07, 6.45) is 0. The highest BCUT2D eigenvalue weighted by Crippen LogP contribution is 2.30. The molecule has 0 atom stereocenters. The second-order valence-corrected chi connectivity index (χ2v) is 9.80. The van der Waals surface area contributed by atoms with E-state index in [1.807, 2.05) is 103 Å². The molecule has 0 bridgehead atoms. The van der Waals surface area contributed by atoms with Crippen LogP contribution in [0.4, 0.5) is 0 Å². The molecule has 5 heteroatoms. The van der Waals surface area contributed by atoms with E-state index in [0.29, 0.717) is 23.0 Å². The Balaban J connectivity index is 1.37. The van der Waals surface area contributed by atoms with E-state index in [4.69, 9.17) is 24.9 Å². The summed E-state index contributed by atoms with van der Waals surface area (Å²) in [5, 5.41) is 0. The van der Waals surface area contributed by atoms with Crippen molar-refractivity contribution in [3.8, 4) is 68.1 Å². The third-order valence-corrected chi connectivity index (χ3v) is 6.94. The maximum absolute atomic E-state index is 5.00. The lowest BCUT2D eigenvalue weighted by Crippen LogP contribution is -2.00. The van der Waals surface area contributed by atoms with Gasteiger partial charge in [-0.05, 0) is 24.3 Å². The summed E-state index contributed by atoms with van der Waals surface area (Å²) in [6, 6.07) is 50.4. The highest BCUT2D eigenvalue weighted by molar-refractivity contribution is 5.73. The van der Waals surface area contributed by atoms with Crippen molar-refractivity contribution >= 4 is 0 Å². The van der Waals surface area contributed by atoms with E-state index in [0.717, 1.165) is 45.0 Å². The first kappa shape index (κ1) is 25.2. The Morgan fingerprint density at radius 3 is 0.810 bits per heavy atom. The van der Waals surface area contributed by atoms with Crippen molar-refractivity contribution in [3.63, 3.8) is 0 Å². The molecule has 7 aromatic rings. The molecule has 0 saturated heterocycles. The first-order valence-electron chi connectivity index (χ1n) is 13.8. The topological polar surface area (TPSA) is 64.5 Å². The zero-order valence-electron chi connectivity index (χ0n) is 22.7. The van der Waals surface area contributed by atoms with Crippen LogP contribution in [0.25, 0.3) is 68.1 Å². The van der Waals surface area contributed by atoms with Crippen molar-refractivity contribution < 1.29 is 0 Å². The lowest BCUT2D eigenvalue weighted by molar-refractivity contribution is 1.12. The van der Waals surface area contributed by atoms with Gasteiger partial charge in [-0.3, -0.25) is 0 Å². The maximum Gasteiger partial charge on any atom is 0.179 e. The van der Waals surface area contributed by atoms with E-state index < -0.39 is 0 Å². The summed E-state index contributed by atoms with van der Waals surface area (Å²) in [7, 11) is 0. The number of rotatable bonds is 6. The lowest BCUT2D eigenvalue weighted by Gasteiger charge is -2.11. The van der Waals surface area contributed by atoms with Gasteiger partial charge >= 0.3 is 0 Å². The van der Waals surface area contributed by atoms with E-state index in [2.05, 4.69) is 48.5 Å². The van der Waals surface area contributed by atoms with Crippen molar-refractivity contribution in [1.82, 2.24) is 24.9 Å². The molecule has 0 unspecified atom stereocenters. The Morgan fingerprint density at radius 2 is 0.524 bits per heavy atom. The number of nitrogens with zero attached hydrogens (tertiary/aromatic N) is 5. The SMILES string of the molecule is c1ccc(-c2cc(-c3ccccc3)nc(-c3cccc(-c4nc(-c5ccccc5)cc(-c5ccccc5)n4)n3)n2)cc1. The van der Waals surface area contributed by atoms with Crippen molar-refractivity contribution in [3.05, 3.63) is 152 Å². The Bertz CT molecular complexity index is 1700. The summed E-state index contributed by atoms with van der Waals surface area (Å²) in [4.78, 5) is 24.8. The first-order valence-corrected chi connectivity index (χ1v) is 13.8. The zero-order valence-corrected chi connectivity index (χ0v) is 22.7. The van der Waals surface area contributed by atoms with Crippen LogP contribution in [0.5, 0.6) is 0 Å². The second kappa shape index (κ2) is 11.4. The van der Waals surface area contributed by atoms with Crippen LogP contribution >= 0.6 is 0 Å². The van der Waals surface area contributed by atoms with E-state index in [1.165, 1.54) is 0 Å². The molecule has 3 aromatic heterocycles. The van der Waals surface area contributed by atoms with Gasteiger partial charge in [-0.2, -0.15) is 0 Å². The van der Waals surface area contributed by atoms with Gasteiger partial charge in [0.25, 0.3) is 0 Å². The average molecular weight is 540 g/mol. The van der Waals surface area contributed by atoms with Gasteiger partial charge in [-0.1, -0.05) is 127 Å². The van der Waals surface area contributed by atoms with E-state index in [9.17, 15) is 0 Å². The third kappa shape index (κ3) is 5.31. The van der Waals surface area contributed by atoms with Crippen LogP contribution in [0.15, 0.2) is 152 Å². The fourth-order valence-electron chi connectivity index (χ4n) is 4.83. The summed E-state index contributed by atoms with van der Waals surface area (Å²) < 4.78 is 0.